The number of nitrogens with one attached hydrogen (secondary N) is 2. The Balaban J connectivity index is 1.60. The van der Waals surface area contributed by atoms with E-state index in [4.69, 9.17) is 0 Å². The first-order valence-electron chi connectivity index (χ1n) is 7.99. The Labute approximate surface area is 145 Å². The molecule has 0 unspecified atom stereocenters. The van der Waals surface area contributed by atoms with Gasteiger partial charge >= 0.3 is 0 Å². The number of aromatic amines is 1. The third-order valence-electron chi connectivity index (χ3n) is 3.78. The molecule has 1 heterocycles. The van der Waals surface area contributed by atoms with Crippen molar-refractivity contribution in [3.05, 3.63) is 69.5 Å². The van der Waals surface area contributed by atoms with Gasteiger partial charge in [0, 0.05) is 36.3 Å². The maximum Gasteiger partial charge on any atom is 0.269 e. The number of anilines is 1. The van der Waals surface area contributed by atoms with Crippen LogP contribution in [0.25, 0.3) is 11.4 Å². The Morgan fingerprint density at radius 1 is 1.12 bits per heavy atom. The van der Waals surface area contributed by atoms with Crippen LogP contribution in [0, 0.1) is 24.0 Å². The molecule has 3 rings (SSSR count). The predicted molar refractivity (Wildman–Crippen MR) is 96.6 cm³/mol. The monoisotopic (exact) mass is 337 g/mol. The first-order chi connectivity index (χ1) is 12.0. The summed E-state index contributed by atoms with van der Waals surface area (Å²) >= 11 is 0. The second kappa shape index (κ2) is 7.12. The highest BCUT2D eigenvalue weighted by Crippen LogP contribution is 2.19. The summed E-state index contributed by atoms with van der Waals surface area (Å²) < 4.78 is 0. The highest BCUT2D eigenvalue weighted by molar-refractivity contribution is 5.57. The highest BCUT2D eigenvalue weighted by Gasteiger charge is 2.09. The van der Waals surface area contributed by atoms with Crippen molar-refractivity contribution < 1.29 is 4.92 Å². The lowest BCUT2D eigenvalue weighted by atomic mass is 10.1. The molecule has 0 saturated heterocycles. The van der Waals surface area contributed by atoms with E-state index in [0.29, 0.717) is 12.2 Å². The van der Waals surface area contributed by atoms with Crippen molar-refractivity contribution >= 4 is 11.4 Å². The van der Waals surface area contributed by atoms with Crippen LogP contribution in [0.2, 0.25) is 0 Å². The van der Waals surface area contributed by atoms with Gasteiger partial charge in [0.1, 0.15) is 5.82 Å². The minimum atomic E-state index is -0.425. The molecule has 0 aliphatic carbocycles. The van der Waals surface area contributed by atoms with E-state index in [1.54, 1.807) is 12.1 Å². The van der Waals surface area contributed by atoms with E-state index in [1.165, 1.54) is 23.3 Å². The molecular weight excluding hydrogens is 318 g/mol. The molecule has 1 aromatic heterocycles. The number of nitrogens with zero attached hydrogens (tertiary/aromatic N) is 3. The molecule has 3 aromatic rings. The summed E-state index contributed by atoms with van der Waals surface area (Å²) in [6.07, 6.45) is 0.701. The number of nitro groups is 1. The average Bonchev–Trinajstić information content (AvgIpc) is 3.03. The minimum Gasteiger partial charge on any atom is -0.385 e. The second-order valence-electron chi connectivity index (χ2n) is 5.96. The number of aromatic nitrogens is 3. The van der Waals surface area contributed by atoms with Crippen LogP contribution in [0.4, 0.5) is 11.4 Å². The number of hydrogen-bond acceptors (Lipinski definition) is 5. The number of non-ortho nitro benzene ring substituents is 1. The first-order valence-corrected chi connectivity index (χ1v) is 7.99. The van der Waals surface area contributed by atoms with Crippen molar-refractivity contribution in [2.45, 2.75) is 20.3 Å². The van der Waals surface area contributed by atoms with E-state index in [2.05, 4.69) is 52.5 Å². The quantitative estimate of drug-likeness (QED) is 0.528. The summed E-state index contributed by atoms with van der Waals surface area (Å²) in [5.74, 6) is 1.31. The van der Waals surface area contributed by atoms with Crippen LogP contribution in [-0.2, 0) is 6.42 Å². The molecular formula is C18H19N5O2. The summed E-state index contributed by atoms with van der Waals surface area (Å²) in [4.78, 5) is 14.7. The fourth-order valence-corrected chi connectivity index (χ4v) is 2.67. The molecule has 0 amide bonds. The van der Waals surface area contributed by atoms with Gasteiger partial charge in [-0.25, -0.2) is 4.98 Å². The largest absolute Gasteiger partial charge is 0.385 e. The van der Waals surface area contributed by atoms with Gasteiger partial charge < -0.3 is 5.32 Å². The van der Waals surface area contributed by atoms with Crippen LogP contribution in [0.15, 0.2) is 42.5 Å². The van der Waals surface area contributed by atoms with Gasteiger partial charge in [0.05, 0.1) is 4.92 Å². The Morgan fingerprint density at radius 3 is 2.44 bits per heavy atom. The van der Waals surface area contributed by atoms with Crippen molar-refractivity contribution in [2.24, 2.45) is 0 Å². The van der Waals surface area contributed by atoms with Gasteiger partial charge in [-0.3, -0.25) is 15.2 Å². The Morgan fingerprint density at radius 2 is 1.80 bits per heavy atom. The molecule has 0 spiro atoms. The minimum absolute atomic E-state index is 0.0529. The third-order valence-corrected chi connectivity index (χ3v) is 3.78. The number of H-pyrrole nitrogens is 1. The zero-order valence-electron chi connectivity index (χ0n) is 14.1. The smallest absolute Gasteiger partial charge is 0.269 e. The number of benzene rings is 2. The van der Waals surface area contributed by atoms with Gasteiger partial charge in [0.25, 0.3) is 5.69 Å². The maximum absolute atomic E-state index is 10.7. The fraction of sp³-hybridized carbons (Fsp3) is 0.222. The third kappa shape index (κ3) is 4.20. The lowest BCUT2D eigenvalue weighted by molar-refractivity contribution is -0.384. The second-order valence-corrected chi connectivity index (χ2v) is 5.96. The molecule has 0 fully saturated rings. The van der Waals surface area contributed by atoms with Crippen LogP contribution < -0.4 is 5.32 Å². The number of rotatable bonds is 6. The van der Waals surface area contributed by atoms with E-state index in [9.17, 15) is 10.1 Å². The molecule has 25 heavy (non-hydrogen) atoms. The van der Waals surface area contributed by atoms with E-state index in [-0.39, 0.29) is 5.69 Å². The van der Waals surface area contributed by atoms with E-state index in [1.807, 2.05) is 0 Å². The van der Waals surface area contributed by atoms with E-state index >= 15 is 0 Å². The van der Waals surface area contributed by atoms with Crippen LogP contribution >= 0.6 is 0 Å². The number of hydrogen-bond donors (Lipinski definition) is 2. The van der Waals surface area contributed by atoms with Crippen molar-refractivity contribution in [3.8, 4) is 11.4 Å². The molecule has 128 valence electrons. The van der Waals surface area contributed by atoms with Crippen LogP contribution in [0.1, 0.15) is 17.0 Å². The first kappa shape index (κ1) is 16.6. The fourth-order valence-electron chi connectivity index (χ4n) is 2.67. The Kier molecular flexibility index (Phi) is 4.74. The zero-order valence-corrected chi connectivity index (χ0v) is 14.1. The molecule has 0 saturated carbocycles. The molecule has 7 nitrogen and oxygen atoms in total. The van der Waals surface area contributed by atoms with Gasteiger partial charge in [-0.1, -0.05) is 6.07 Å². The zero-order chi connectivity index (χ0) is 17.8. The highest BCUT2D eigenvalue weighted by atomic mass is 16.6. The molecule has 0 radical (unpaired) electrons. The number of aryl methyl sites for hydroxylation is 2. The van der Waals surface area contributed by atoms with Gasteiger partial charge in [-0.15, -0.1) is 0 Å². The molecule has 0 bridgehead atoms. The average molecular weight is 337 g/mol. The molecule has 7 heteroatoms. The van der Waals surface area contributed by atoms with Gasteiger partial charge in [-0.05, 0) is 49.2 Å². The van der Waals surface area contributed by atoms with Crippen LogP contribution in [0.5, 0.6) is 0 Å². The van der Waals surface area contributed by atoms with Crippen molar-refractivity contribution in [1.82, 2.24) is 15.2 Å². The molecule has 0 aliphatic rings. The van der Waals surface area contributed by atoms with Gasteiger partial charge in [0.15, 0.2) is 5.82 Å². The molecule has 2 aromatic carbocycles. The normalized spacial score (nSPS) is 10.6. The standard InChI is InChI=1S/C18H19N5O2/c1-12-9-13(2)11-15(10-12)19-8-7-17-20-18(22-21-17)14-3-5-16(6-4-14)23(24)25/h3-6,9-11,19H,7-8H2,1-2H3,(H,20,21,22). The molecule has 0 aliphatic heterocycles. The topological polar surface area (TPSA) is 96.7 Å². The van der Waals surface area contributed by atoms with E-state index < -0.39 is 4.92 Å². The number of nitro benzene ring substituents is 1. The van der Waals surface area contributed by atoms with Crippen LogP contribution in [0.3, 0.4) is 0 Å². The summed E-state index contributed by atoms with van der Waals surface area (Å²) in [5.41, 5.74) is 4.34. The molecule has 0 atom stereocenters. The van der Waals surface area contributed by atoms with Gasteiger partial charge in [-0.2, -0.15) is 5.10 Å². The lowest BCUT2D eigenvalue weighted by Gasteiger charge is -2.07. The van der Waals surface area contributed by atoms with Gasteiger partial charge in [0.2, 0.25) is 0 Å². The maximum atomic E-state index is 10.7. The summed E-state index contributed by atoms with van der Waals surface area (Å²) in [6, 6.07) is 12.6. The van der Waals surface area contributed by atoms with Crippen LogP contribution in [-0.4, -0.2) is 26.6 Å². The summed E-state index contributed by atoms with van der Waals surface area (Å²) in [5, 5.41) is 21.2. The Bertz CT molecular complexity index is 866. The van der Waals surface area contributed by atoms with E-state index in [0.717, 1.165) is 23.6 Å². The summed E-state index contributed by atoms with van der Waals surface area (Å²) in [7, 11) is 0. The molecule has 2 N–H and O–H groups in total. The van der Waals surface area contributed by atoms with Crippen molar-refractivity contribution in [2.75, 3.05) is 11.9 Å². The lowest BCUT2D eigenvalue weighted by Crippen LogP contribution is -2.06. The Hall–Kier alpha value is -3.22. The van der Waals surface area contributed by atoms with Crippen molar-refractivity contribution in [3.63, 3.8) is 0 Å². The summed E-state index contributed by atoms with van der Waals surface area (Å²) in [6.45, 7) is 4.88. The predicted octanol–water partition coefficient (Wildman–Crippen LogP) is 3.65. The van der Waals surface area contributed by atoms with Crippen molar-refractivity contribution in [1.29, 1.82) is 0 Å². The SMILES string of the molecule is Cc1cc(C)cc(NCCc2nc(-c3ccc([N+](=O)[O-])cc3)n[nH]2)c1.